The number of anilines is 1. The van der Waals surface area contributed by atoms with Crippen LogP contribution < -0.4 is 15.4 Å². The van der Waals surface area contributed by atoms with E-state index in [0.29, 0.717) is 6.54 Å². The third-order valence-corrected chi connectivity index (χ3v) is 5.21. The highest BCUT2D eigenvalue weighted by Gasteiger charge is 2.10. The van der Waals surface area contributed by atoms with Crippen LogP contribution >= 0.6 is 11.3 Å². The van der Waals surface area contributed by atoms with Crippen molar-refractivity contribution in [3.05, 3.63) is 40.9 Å². The Morgan fingerprint density at radius 2 is 1.95 bits per heavy atom. The summed E-state index contributed by atoms with van der Waals surface area (Å²) in [5.74, 6) is 0. The number of aromatic nitrogens is 1. The van der Waals surface area contributed by atoms with Crippen molar-refractivity contribution in [3.63, 3.8) is 0 Å². The molecular formula is C14H20N4O2S2. The molecule has 1 atom stereocenters. The number of primary sulfonamides is 1. The van der Waals surface area contributed by atoms with Crippen LogP contribution in [0.4, 0.5) is 5.13 Å². The lowest BCUT2D eigenvalue weighted by atomic mass is 10.1. The van der Waals surface area contributed by atoms with Gasteiger partial charge >= 0.3 is 0 Å². The lowest BCUT2D eigenvalue weighted by molar-refractivity contribution is 0.568. The van der Waals surface area contributed by atoms with Gasteiger partial charge in [-0.1, -0.05) is 12.1 Å². The Bertz CT molecular complexity index is 724. The van der Waals surface area contributed by atoms with Crippen LogP contribution in [0.1, 0.15) is 24.2 Å². The van der Waals surface area contributed by atoms with Crippen LogP contribution in [0.5, 0.6) is 0 Å². The first-order chi connectivity index (χ1) is 10.3. The number of nitrogens with zero attached hydrogens (tertiary/aromatic N) is 2. The van der Waals surface area contributed by atoms with Crippen LogP contribution in [-0.2, 0) is 16.6 Å². The predicted octanol–water partition coefficient (Wildman–Crippen LogP) is 1.71. The van der Waals surface area contributed by atoms with Crippen molar-refractivity contribution >= 4 is 26.5 Å². The van der Waals surface area contributed by atoms with Crippen molar-refractivity contribution < 1.29 is 8.42 Å². The molecule has 0 bridgehead atoms. The van der Waals surface area contributed by atoms with Crippen molar-refractivity contribution in [2.75, 3.05) is 19.0 Å². The molecule has 0 radical (unpaired) electrons. The van der Waals surface area contributed by atoms with Gasteiger partial charge < -0.3 is 10.2 Å². The summed E-state index contributed by atoms with van der Waals surface area (Å²) in [6.45, 7) is 2.67. The van der Waals surface area contributed by atoms with E-state index in [1.165, 1.54) is 12.1 Å². The van der Waals surface area contributed by atoms with E-state index < -0.39 is 10.0 Å². The fourth-order valence-electron chi connectivity index (χ4n) is 1.90. The number of sulfonamides is 1. The first-order valence-electron chi connectivity index (χ1n) is 6.75. The minimum Gasteiger partial charge on any atom is -0.354 e. The summed E-state index contributed by atoms with van der Waals surface area (Å²) in [5.41, 5.74) is 1.98. The molecule has 0 amide bonds. The maximum Gasteiger partial charge on any atom is 0.238 e. The summed E-state index contributed by atoms with van der Waals surface area (Å²) < 4.78 is 22.5. The summed E-state index contributed by atoms with van der Waals surface area (Å²) in [6.07, 6.45) is 0. The molecule has 0 aliphatic rings. The maximum atomic E-state index is 11.2. The highest BCUT2D eigenvalue weighted by atomic mass is 32.2. The molecule has 22 heavy (non-hydrogen) atoms. The summed E-state index contributed by atoms with van der Waals surface area (Å²) >= 11 is 1.60. The molecule has 0 aliphatic heterocycles. The summed E-state index contributed by atoms with van der Waals surface area (Å²) in [5, 5.41) is 11.5. The number of nitrogens with one attached hydrogen (secondary N) is 1. The van der Waals surface area contributed by atoms with Crippen LogP contribution in [0.15, 0.2) is 34.5 Å². The molecule has 8 heteroatoms. The van der Waals surface area contributed by atoms with Gasteiger partial charge in [0.25, 0.3) is 0 Å². The van der Waals surface area contributed by atoms with E-state index in [1.54, 1.807) is 23.5 Å². The molecule has 0 spiro atoms. The quantitative estimate of drug-likeness (QED) is 0.836. The highest BCUT2D eigenvalue weighted by Crippen LogP contribution is 2.19. The zero-order valence-electron chi connectivity index (χ0n) is 12.8. The molecule has 0 fully saturated rings. The molecule has 0 unspecified atom stereocenters. The van der Waals surface area contributed by atoms with Crippen molar-refractivity contribution in [3.8, 4) is 0 Å². The van der Waals surface area contributed by atoms with Gasteiger partial charge in [0.05, 0.1) is 10.6 Å². The summed E-state index contributed by atoms with van der Waals surface area (Å²) in [6, 6.07) is 6.66. The highest BCUT2D eigenvalue weighted by molar-refractivity contribution is 7.89. The fourth-order valence-corrected chi connectivity index (χ4v) is 3.18. The van der Waals surface area contributed by atoms with Crippen molar-refractivity contribution in [1.82, 2.24) is 10.3 Å². The normalized spacial score (nSPS) is 13.1. The van der Waals surface area contributed by atoms with Crippen molar-refractivity contribution in [2.24, 2.45) is 5.14 Å². The van der Waals surface area contributed by atoms with E-state index in [9.17, 15) is 8.42 Å². The summed E-state index contributed by atoms with van der Waals surface area (Å²) in [4.78, 5) is 6.61. The van der Waals surface area contributed by atoms with E-state index in [0.717, 1.165) is 16.4 Å². The minimum atomic E-state index is -3.64. The molecule has 1 aromatic carbocycles. The second-order valence-corrected chi connectivity index (χ2v) is 7.63. The Morgan fingerprint density at radius 3 is 2.45 bits per heavy atom. The number of thiazole rings is 1. The molecule has 1 heterocycles. The molecule has 120 valence electrons. The largest absolute Gasteiger partial charge is 0.354 e. The zero-order valence-corrected chi connectivity index (χ0v) is 14.4. The summed E-state index contributed by atoms with van der Waals surface area (Å²) in [7, 11) is 0.288. The Labute approximate surface area is 135 Å². The van der Waals surface area contributed by atoms with Gasteiger partial charge in [-0.25, -0.2) is 18.5 Å². The molecule has 3 N–H and O–H groups in total. The Kier molecular flexibility index (Phi) is 5.17. The third-order valence-electron chi connectivity index (χ3n) is 3.22. The molecule has 1 aromatic heterocycles. The van der Waals surface area contributed by atoms with Gasteiger partial charge in [0, 0.05) is 32.1 Å². The molecule has 0 saturated heterocycles. The van der Waals surface area contributed by atoms with Crippen LogP contribution in [0.3, 0.4) is 0 Å². The van der Waals surface area contributed by atoms with Crippen molar-refractivity contribution in [2.45, 2.75) is 24.4 Å². The first-order valence-corrected chi connectivity index (χ1v) is 9.18. The van der Waals surface area contributed by atoms with Crippen molar-refractivity contribution in [1.29, 1.82) is 0 Å². The third kappa shape index (κ3) is 4.26. The van der Waals surface area contributed by atoms with E-state index >= 15 is 0 Å². The van der Waals surface area contributed by atoms with Crippen LogP contribution in [0.25, 0.3) is 0 Å². The smallest absolute Gasteiger partial charge is 0.238 e. The molecule has 2 aromatic rings. The molecule has 2 rings (SSSR count). The SMILES string of the molecule is C[C@H](NCc1csc(N(C)C)n1)c1ccc(S(N)(=O)=O)cc1. The van der Waals surface area contributed by atoms with E-state index in [4.69, 9.17) is 5.14 Å². The maximum absolute atomic E-state index is 11.2. The van der Waals surface area contributed by atoms with Gasteiger partial charge in [-0.15, -0.1) is 11.3 Å². The number of hydrogen-bond donors (Lipinski definition) is 2. The Hall–Kier alpha value is -1.48. The Balaban J connectivity index is 1.98. The van der Waals surface area contributed by atoms with E-state index in [1.807, 2.05) is 31.3 Å². The Morgan fingerprint density at radius 1 is 1.32 bits per heavy atom. The van der Waals surface area contributed by atoms with Gasteiger partial charge in [-0.3, -0.25) is 0 Å². The van der Waals surface area contributed by atoms with Crippen LogP contribution in [-0.4, -0.2) is 27.5 Å². The van der Waals surface area contributed by atoms with Gasteiger partial charge in [0.2, 0.25) is 10.0 Å². The number of nitrogens with two attached hydrogens (primary N) is 1. The second-order valence-electron chi connectivity index (χ2n) is 5.23. The topological polar surface area (TPSA) is 88.3 Å². The number of rotatable bonds is 6. The predicted molar refractivity (Wildman–Crippen MR) is 89.5 cm³/mol. The monoisotopic (exact) mass is 340 g/mol. The molecule has 6 nitrogen and oxygen atoms in total. The lowest BCUT2D eigenvalue weighted by Crippen LogP contribution is -2.19. The van der Waals surface area contributed by atoms with Crippen LogP contribution in [0, 0.1) is 0 Å². The average molecular weight is 340 g/mol. The van der Waals surface area contributed by atoms with Gasteiger partial charge in [0.1, 0.15) is 0 Å². The number of benzene rings is 1. The van der Waals surface area contributed by atoms with Crippen LogP contribution in [0.2, 0.25) is 0 Å². The first kappa shape index (κ1) is 16.9. The average Bonchev–Trinajstić information content (AvgIpc) is 2.93. The zero-order chi connectivity index (χ0) is 16.3. The van der Waals surface area contributed by atoms with Gasteiger partial charge in [0.15, 0.2) is 5.13 Å². The second kappa shape index (κ2) is 6.74. The van der Waals surface area contributed by atoms with Gasteiger partial charge in [-0.05, 0) is 24.6 Å². The van der Waals surface area contributed by atoms with E-state index in [2.05, 4.69) is 10.3 Å². The fraction of sp³-hybridized carbons (Fsp3) is 0.357. The lowest BCUT2D eigenvalue weighted by Gasteiger charge is -2.14. The number of hydrogen-bond acceptors (Lipinski definition) is 6. The van der Waals surface area contributed by atoms with Gasteiger partial charge in [-0.2, -0.15) is 0 Å². The molecule has 0 aliphatic carbocycles. The molecular weight excluding hydrogens is 320 g/mol. The standard InChI is InChI=1S/C14H20N4O2S2/c1-10(11-4-6-13(7-5-11)22(15,19)20)16-8-12-9-21-14(17-12)18(2)3/h4-7,9-10,16H,8H2,1-3H3,(H2,15,19,20)/t10-/m0/s1. The van der Waals surface area contributed by atoms with E-state index in [-0.39, 0.29) is 10.9 Å². The minimum absolute atomic E-state index is 0.0824. The molecule has 0 saturated carbocycles.